The Labute approximate surface area is 132 Å². The van der Waals surface area contributed by atoms with Gasteiger partial charge in [0.15, 0.2) is 0 Å². The van der Waals surface area contributed by atoms with Crippen molar-refractivity contribution in [3.8, 4) is 0 Å². The van der Waals surface area contributed by atoms with Gasteiger partial charge in [0.25, 0.3) is 0 Å². The van der Waals surface area contributed by atoms with Crippen molar-refractivity contribution in [2.24, 2.45) is 4.99 Å². The monoisotopic (exact) mass is 290 g/mol. The standard InChI is InChI=1S/C20H22N2/c1-18(2)20(16-13-9-6-10-14-16)17(15-11-7-5-8-12-15)21-19(3,4)22(18)20/h5-14H,1-4H3. The summed E-state index contributed by atoms with van der Waals surface area (Å²) < 4.78 is 0. The highest BCUT2D eigenvalue weighted by molar-refractivity contribution is 6.13. The maximum absolute atomic E-state index is 5.11. The van der Waals surface area contributed by atoms with Crippen LogP contribution in [0.4, 0.5) is 0 Å². The van der Waals surface area contributed by atoms with Crippen LogP contribution < -0.4 is 0 Å². The number of hydrogen-bond acceptors (Lipinski definition) is 2. The molecule has 0 aromatic heterocycles. The van der Waals surface area contributed by atoms with Crippen LogP contribution >= 0.6 is 0 Å². The first-order chi connectivity index (χ1) is 10.4. The zero-order chi connectivity index (χ0) is 15.6. The minimum Gasteiger partial charge on any atom is -0.265 e. The van der Waals surface area contributed by atoms with Gasteiger partial charge in [0, 0.05) is 5.54 Å². The third-order valence-electron chi connectivity index (χ3n) is 5.24. The van der Waals surface area contributed by atoms with Crippen molar-refractivity contribution in [3.05, 3.63) is 71.8 Å². The highest BCUT2D eigenvalue weighted by Crippen LogP contribution is 2.67. The van der Waals surface area contributed by atoms with Gasteiger partial charge in [-0.15, -0.1) is 0 Å². The van der Waals surface area contributed by atoms with E-state index in [4.69, 9.17) is 4.99 Å². The van der Waals surface area contributed by atoms with Gasteiger partial charge < -0.3 is 0 Å². The van der Waals surface area contributed by atoms with Crippen LogP contribution in [0.1, 0.15) is 38.8 Å². The lowest BCUT2D eigenvalue weighted by Gasteiger charge is -2.23. The van der Waals surface area contributed by atoms with Crippen molar-refractivity contribution in [1.82, 2.24) is 4.90 Å². The summed E-state index contributed by atoms with van der Waals surface area (Å²) in [4.78, 5) is 7.65. The molecule has 0 N–H and O–H groups in total. The Balaban J connectivity index is 1.97. The van der Waals surface area contributed by atoms with Gasteiger partial charge in [-0.25, -0.2) is 0 Å². The molecule has 4 rings (SSSR count). The predicted molar refractivity (Wildman–Crippen MR) is 91.1 cm³/mol. The Morgan fingerprint density at radius 1 is 0.773 bits per heavy atom. The third kappa shape index (κ3) is 1.46. The Morgan fingerprint density at radius 2 is 1.32 bits per heavy atom. The summed E-state index contributed by atoms with van der Waals surface area (Å²) in [6.07, 6.45) is 0. The van der Waals surface area contributed by atoms with Crippen molar-refractivity contribution in [2.45, 2.75) is 44.4 Å². The topological polar surface area (TPSA) is 15.4 Å². The molecule has 0 aliphatic carbocycles. The molecule has 112 valence electrons. The molecule has 2 heteroatoms. The first-order valence-electron chi connectivity index (χ1n) is 7.94. The normalized spacial score (nSPS) is 30.5. The Kier molecular flexibility index (Phi) is 2.54. The SMILES string of the molecule is CC1(C)N=C(c2ccccc2)C2(c3ccccc3)N1C2(C)C. The fraction of sp³-hybridized carbons (Fsp3) is 0.350. The Bertz CT molecular complexity index is 744. The summed E-state index contributed by atoms with van der Waals surface area (Å²) in [6, 6.07) is 21.4. The van der Waals surface area contributed by atoms with Crippen molar-refractivity contribution in [2.75, 3.05) is 0 Å². The molecule has 1 saturated heterocycles. The molecule has 2 heterocycles. The summed E-state index contributed by atoms with van der Waals surface area (Å²) >= 11 is 0. The first kappa shape index (κ1) is 13.7. The molecule has 0 spiro atoms. The number of rotatable bonds is 2. The average molecular weight is 290 g/mol. The van der Waals surface area contributed by atoms with Crippen LogP contribution in [0.15, 0.2) is 65.7 Å². The lowest BCUT2D eigenvalue weighted by atomic mass is 9.81. The molecular weight excluding hydrogens is 268 g/mol. The molecule has 1 fully saturated rings. The maximum Gasteiger partial charge on any atom is 0.110 e. The van der Waals surface area contributed by atoms with Crippen LogP contribution in [0.5, 0.6) is 0 Å². The van der Waals surface area contributed by atoms with E-state index in [1.165, 1.54) is 16.8 Å². The molecule has 2 unspecified atom stereocenters. The lowest BCUT2D eigenvalue weighted by molar-refractivity contribution is 0.242. The Hall–Kier alpha value is -1.93. The van der Waals surface area contributed by atoms with Crippen LogP contribution in [0.3, 0.4) is 0 Å². The van der Waals surface area contributed by atoms with Gasteiger partial charge in [-0.05, 0) is 38.8 Å². The average Bonchev–Trinajstić information content (AvgIpc) is 2.91. The van der Waals surface area contributed by atoms with Gasteiger partial charge in [0.2, 0.25) is 0 Å². The van der Waals surface area contributed by atoms with Gasteiger partial charge in [-0.3, -0.25) is 9.89 Å². The Morgan fingerprint density at radius 3 is 1.86 bits per heavy atom. The van der Waals surface area contributed by atoms with Gasteiger partial charge in [0.1, 0.15) is 11.2 Å². The molecule has 2 aromatic rings. The van der Waals surface area contributed by atoms with E-state index in [2.05, 4.69) is 93.3 Å². The summed E-state index contributed by atoms with van der Waals surface area (Å²) in [6.45, 7) is 9.10. The van der Waals surface area contributed by atoms with E-state index in [9.17, 15) is 0 Å². The largest absolute Gasteiger partial charge is 0.265 e. The van der Waals surface area contributed by atoms with Crippen LogP contribution in [-0.4, -0.2) is 21.8 Å². The van der Waals surface area contributed by atoms with E-state index in [1.54, 1.807) is 0 Å². The van der Waals surface area contributed by atoms with Gasteiger partial charge in [-0.1, -0.05) is 60.7 Å². The second-order valence-corrected chi connectivity index (χ2v) is 7.29. The lowest BCUT2D eigenvalue weighted by Crippen LogP contribution is -2.31. The first-order valence-corrected chi connectivity index (χ1v) is 7.94. The van der Waals surface area contributed by atoms with Crippen molar-refractivity contribution in [1.29, 1.82) is 0 Å². The molecule has 2 aromatic carbocycles. The van der Waals surface area contributed by atoms with E-state index in [-0.39, 0.29) is 16.7 Å². The van der Waals surface area contributed by atoms with Gasteiger partial charge >= 0.3 is 0 Å². The van der Waals surface area contributed by atoms with Crippen molar-refractivity contribution >= 4 is 5.71 Å². The zero-order valence-electron chi connectivity index (χ0n) is 13.7. The minimum atomic E-state index is -0.176. The number of benzene rings is 2. The van der Waals surface area contributed by atoms with Crippen LogP contribution in [-0.2, 0) is 5.54 Å². The smallest absolute Gasteiger partial charge is 0.110 e. The van der Waals surface area contributed by atoms with Crippen LogP contribution in [0.25, 0.3) is 0 Å². The molecule has 0 amide bonds. The third-order valence-corrected chi connectivity index (χ3v) is 5.24. The summed E-state index contributed by atoms with van der Waals surface area (Å²) in [7, 11) is 0. The molecule has 0 radical (unpaired) electrons. The molecular formula is C20H22N2. The number of hydrogen-bond donors (Lipinski definition) is 0. The fourth-order valence-corrected chi connectivity index (χ4v) is 4.65. The van der Waals surface area contributed by atoms with E-state index < -0.39 is 0 Å². The quantitative estimate of drug-likeness (QED) is 0.756. The van der Waals surface area contributed by atoms with Crippen LogP contribution in [0.2, 0.25) is 0 Å². The van der Waals surface area contributed by atoms with Crippen LogP contribution in [0, 0.1) is 0 Å². The van der Waals surface area contributed by atoms with E-state index in [1.807, 2.05) is 0 Å². The summed E-state index contributed by atoms with van der Waals surface area (Å²) in [5.41, 5.74) is 3.56. The molecule has 22 heavy (non-hydrogen) atoms. The highest BCUT2D eigenvalue weighted by Gasteiger charge is 2.79. The second kappa shape index (κ2) is 4.08. The molecule has 2 aliphatic rings. The maximum atomic E-state index is 5.11. The fourth-order valence-electron chi connectivity index (χ4n) is 4.65. The van der Waals surface area contributed by atoms with E-state index in [0.717, 1.165) is 0 Å². The summed E-state index contributed by atoms with van der Waals surface area (Å²) in [5, 5.41) is 0. The van der Waals surface area contributed by atoms with E-state index >= 15 is 0 Å². The molecule has 0 bridgehead atoms. The summed E-state index contributed by atoms with van der Waals surface area (Å²) in [5.74, 6) is 0. The van der Waals surface area contributed by atoms with Gasteiger partial charge in [-0.2, -0.15) is 0 Å². The van der Waals surface area contributed by atoms with Gasteiger partial charge in [0.05, 0.1) is 5.71 Å². The zero-order valence-corrected chi connectivity index (χ0v) is 13.7. The molecule has 2 nitrogen and oxygen atoms in total. The molecule has 2 atom stereocenters. The van der Waals surface area contributed by atoms with Crippen molar-refractivity contribution < 1.29 is 0 Å². The number of fused-ring (bicyclic) bond motifs is 1. The minimum absolute atomic E-state index is 0.0742. The molecule has 2 aliphatic heterocycles. The number of nitrogens with zero attached hydrogens (tertiary/aromatic N) is 2. The molecule has 0 saturated carbocycles. The predicted octanol–water partition coefficient (Wildman–Crippen LogP) is 4.22. The number of aliphatic imine (C=N–C) groups is 1. The highest BCUT2D eigenvalue weighted by atomic mass is 15.6. The van der Waals surface area contributed by atoms with E-state index in [0.29, 0.717) is 0 Å². The second-order valence-electron chi connectivity index (χ2n) is 7.29. The van der Waals surface area contributed by atoms with Crippen molar-refractivity contribution in [3.63, 3.8) is 0 Å².